The monoisotopic (exact) mass is 343 g/mol. The Balaban J connectivity index is 1.76. The molecule has 0 unspecified atom stereocenters. The number of carbonyl (C=O) groups is 1. The number of aromatic amines is 1. The van der Waals surface area contributed by atoms with Gasteiger partial charge >= 0.3 is 0 Å². The number of benzene rings is 1. The number of nitrogens with zero attached hydrogens (tertiary/aromatic N) is 1. The molecule has 0 saturated carbocycles. The second-order valence-electron chi connectivity index (χ2n) is 5.64. The summed E-state index contributed by atoms with van der Waals surface area (Å²) in [6, 6.07) is 7.41. The van der Waals surface area contributed by atoms with Crippen LogP contribution >= 0.6 is 0 Å². The minimum absolute atomic E-state index is 0.290. The molecule has 2 heterocycles. The smallest absolute Gasteiger partial charge is 0.255 e. The van der Waals surface area contributed by atoms with E-state index in [0.717, 1.165) is 11.1 Å². The molecule has 0 bridgehead atoms. The van der Waals surface area contributed by atoms with Gasteiger partial charge in [0, 0.05) is 12.7 Å². The summed E-state index contributed by atoms with van der Waals surface area (Å²) in [4.78, 5) is 12.6. The van der Waals surface area contributed by atoms with Gasteiger partial charge in [-0.05, 0) is 30.7 Å². The van der Waals surface area contributed by atoms with E-state index >= 15 is 0 Å². The van der Waals surface area contributed by atoms with Crippen molar-refractivity contribution in [3.63, 3.8) is 0 Å². The number of carbonyl (C=O) groups excluding carboxylic acids is 1. The molecule has 2 aromatic heterocycles. The maximum absolute atomic E-state index is 13.1. The van der Waals surface area contributed by atoms with E-state index < -0.39 is 6.10 Å². The zero-order valence-corrected chi connectivity index (χ0v) is 13.8. The van der Waals surface area contributed by atoms with Crippen molar-refractivity contribution in [2.24, 2.45) is 0 Å². The molecule has 0 radical (unpaired) electrons. The van der Waals surface area contributed by atoms with Crippen molar-refractivity contribution in [2.45, 2.75) is 19.1 Å². The van der Waals surface area contributed by atoms with Gasteiger partial charge in [-0.25, -0.2) is 4.39 Å². The Morgan fingerprint density at radius 1 is 1.32 bits per heavy atom. The number of aromatic nitrogens is 2. The summed E-state index contributed by atoms with van der Waals surface area (Å²) in [5.41, 5.74) is 2.49. The lowest BCUT2D eigenvalue weighted by Crippen LogP contribution is -2.37. The molecule has 130 valence electrons. The normalized spacial score (nSPS) is 13.4. The number of amides is 1. The van der Waals surface area contributed by atoms with E-state index in [4.69, 9.17) is 9.15 Å². The first-order valence-corrected chi connectivity index (χ1v) is 7.75. The molecule has 25 heavy (non-hydrogen) atoms. The second-order valence-corrected chi connectivity index (χ2v) is 5.64. The van der Waals surface area contributed by atoms with Gasteiger partial charge in [-0.1, -0.05) is 12.1 Å². The maximum atomic E-state index is 13.1. The zero-order valence-electron chi connectivity index (χ0n) is 13.8. The molecule has 3 aromatic rings. The van der Waals surface area contributed by atoms with E-state index in [1.807, 2.05) is 6.92 Å². The minimum atomic E-state index is -0.408. The van der Waals surface area contributed by atoms with Gasteiger partial charge in [0.15, 0.2) is 0 Å². The number of rotatable bonds is 6. The summed E-state index contributed by atoms with van der Waals surface area (Å²) < 4.78 is 23.6. The Morgan fingerprint density at radius 3 is 2.72 bits per heavy atom. The highest BCUT2D eigenvalue weighted by Crippen LogP contribution is 2.24. The predicted molar refractivity (Wildman–Crippen MR) is 89.4 cm³/mol. The Hall–Kier alpha value is -2.93. The van der Waals surface area contributed by atoms with Crippen molar-refractivity contribution in [1.29, 1.82) is 0 Å². The van der Waals surface area contributed by atoms with E-state index in [1.54, 1.807) is 25.3 Å². The summed E-state index contributed by atoms with van der Waals surface area (Å²) in [7, 11) is 1.55. The third kappa shape index (κ3) is 3.61. The number of ether oxygens (including phenoxy) is 1. The molecule has 0 aliphatic rings. The van der Waals surface area contributed by atoms with Crippen molar-refractivity contribution in [3.05, 3.63) is 66.0 Å². The lowest BCUT2D eigenvalue weighted by atomic mass is 10.0. The third-order valence-electron chi connectivity index (χ3n) is 3.96. The molecule has 0 aliphatic heterocycles. The first-order chi connectivity index (χ1) is 12.1. The van der Waals surface area contributed by atoms with Crippen LogP contribution in [0.2, 0.25) is 0 Å². The van der Waals surface area contributed by atoms with Gasteiger partial charge in [-0.2, -0.15) is 5.10 Å². The Morgan fingerprint density at radius 2 is 2.08 bits per heavy atom. The molecular weight excluding hydrogens is 325 g/mol. The fourth-order valence-electron chi connectivity index (χ4n) is 2.73. The molecule has 0 spiro atoms. The SMILES string of the molecule is CO[C@H](c1ccc(F)cc1)[C@@H](C)NC(=O)c1cn[nH]c1-c1ccoc1. The van der Waals surface area contributed by atoms with E-state index in [2.05, 4.69) is 15.5 Å². The topological polar surface area (TPSA) is 80.1 Å². The van der Waals surface area contributed by atoms with E-state index in [1.165, 1.54) is 30.9 Å². The number of nitrogens with one attached hydrogen (secondary N) is 2. The van der Waals surface area contributed by atoms with Crippen molar-refractivity contribution >= 4 is 5.91 Å². The summed E-state index contributed by atoms with van der Waals surface area (Å²) in [6.45, 7) is 1.83. The summed E-state index contributed by atoms with van der Waals surface area (Å²) >= 11 is 0. The van der Waals surface area contributed by atoms with Crippen LogP contribution < -0.4 is 5.32 Å². The van der Waals surface area contributed by atoms with Gasteiger partial charge in [0.1, 0.15) is 11.9 Å². The maximum Gasteiger partial charge on any atom is 0.255 e. The van der Waals surface area contributed by atoms with Crippen LogP contribution in [0.1, 0.15) is 28.9 Å². The van der Waals surface area contributed by atoms with E-state index in [0.29, 0.717) is 11.3 Å². The van der Waals surface area contributed by atoms with Crippen LogP contribution in [0.4, 0.5) is 4.39 Å². The molecule has 7 heteroatoms. The minimum Gasteiger partial charge on any atom is -0.472 e. The van der Waals surface area contributed by atoms with Gasteiger partial charge in [0.25, 0.3) is 5.91 Å². The highest BCUT2D eigenvalue weighted by molar-refractivity contribution is 5.99. The predicted octanol–water partition coefficient (Wildman–Crippen LogP) is 3.31. The Bertz CT molecular complexity index is 828. The largest absolute Gasteiger partial charge is 0.472 e. The van der Waals surface area contributed by atoms with Gasteiger partial charge in [-0.15, -0.1) is 0 Å². The van der Waals surface area contributed by atoms with Gasteiger partial charge in [-0.3, -0.25) is 9.89 Å². The standard InChI is InChI=1S/C18H18FN3O3/c1-11(17(24-2)12-3-5-14(19)6-4-12)21-18(23)15-9-20-22-16(15)13-7-8-25-10-13/h3-11,17H,1-2H3,(H,20,22)(H,21,23)/t11-,17+/m1/s1. The van der Waals surface area contributed by atoms with Crippen molar-refractivity contribution in [3.8, 4) is 11.3 Å². The number of H-pyrrole nitrogens is 1. The van der Waals surface area contributed by atoms with Crippen LogP contribution in [0.3, 0.4) is 0 Å². The Kier molecular flexibility index (Phi) is 4.95. The van der Waals surface area contributed by atoms with Crippen molar-refractivity contribution < 1.29 is 18.3 Å². The Labute approximate surface area is 144 Å². The number of furan rings is 1. The van der Waals surface area contributed by atoms with Crippen molar-refractivity contribution in [2.75, 3.05) is 7.11 Å². The molecule has 1 amide bonds. The average Bonchev–Trinajstić information content (AvgIpc) is 3.28. The van der Waals surface area contributed by atoms with Crippen molar-refractivity contribution in [1.82, 2.24) is 15.5 Å². The molecule has 0 aliphatic carbocycles. The molecule has 0 saturated heterocycles. The molecule has 3 rings (SSSR count). The van der Waals surface area contributed by atoms with E-state index in [9.17, 15) is 9.18 Å². The van der Waals surface area contributed by atoms with E-state index in [-0.39, 0.29) is 17.8 Å². The highest BCUT2D eigenvalue weighted by Gasteiger charge is 2.23. The highest BCUT2D eigenvalue weighted by atomic mass is 19.1. The second kappa shape index (κ2) is 7.31. The number of hydrogen-bond donors (Lipinski definition) is 2. The first-order valence-electron chi connectivity index (χ1n) is 7.75. The van der Waals surface area contributed by atoms with Gasteiger partial charge < -0.3 is 14.5 Å². The molecule has 2 atom stereocenters. The van der Waals surface area contributed by atoms with Crippen LogP contribution in [-0.2, 0) is 4.74 Å². The van der Waals surface area contributed by atoms with Crippen LogP contribution in [-0.4, -0.2) is 29.3 Å². The first kappa shape index (κ1) is 16.9. The quantitative estimate of drug-likeness (QED) is 0.719. The summed E-state index contributed by atoms with van der Waals surface area (Å²) in [5, 5.41) is 9.64. The van der Waals surface area contributed by atoms with Crippen LogP contribution in [0, 0.1) is 5.82 Å². The van der Waals surface area contributed by atoms with Gasteiger partial charge in [0.2, 0.25) is 0 Å². The third-order valence-corrected chi connectivity index (χ3v) is 3.96. The molecule has 6 nitrogen and oxygen atoms in total. The number of halogens is 1. The van der Waals surface area contributed by atoms with Crippen LogP contribution in [0.5, 0.6) is 0 Å². The van der Waals surface area contributed by atoms with Gasteiger partial charge in [0.05, 0.1) is 36.0 Å². The number of methoxy groups -OCH3 is 1. The number of hydrogen-bond acceptors (Lipinski definition) is 4. The fourth-order valence-corrected chi connectivity index (χ4v) is 2.73. The lowest BCUT2D eigenvalue weighted by Gasteiger charge is -2.24. The molecular formula is C18H18FN3O3. The summed E-state index contributed by atoms with van der Waals surface area (Å²) in [6.07, 6.45) is 4.11. The molecule has 1 aromatic carbocycles. The molecule has 0 fully saturated rings. The average molecular weight is 343 g/mol. The molecule has 2 N–H and O–H groups in total. The fraction of sp³-hybridized carbons (Fsp3) is 0.222. The summed E-state index contributed by atoms with van der Waals surface area (Å²) in [5.74, 6) is -0.611. The zero-order chi connectivity index (χ0) is 17.8. The van der Waals surface area contributed by atoms with Crippen LogP contribution in [0.25, 0.3) is 11.3 Å². The lowest BCUT2D eigenvalue weighted by molar-refractivity contribution is 0.0645. The van der Waals surface area contributed by atoms with Crippen LogP contribution in [0.15, 0.2) is 53.5 Å².